The Morgan fingerprint density at radius 3 is 2.52 bits per heavy atom. The maximum atomic E-state index is 12.7. The van der Waals surface area contributed by atoms with Crippen molar-refractivity contribution in [3.63, 3.8) is 0 Å². The van der Waals surface area contributed by atoms with Gasteiger partial charge in [0.05, 0.1) is 12.5 Å². The number of hydrogen-bond donors (Lipinski definition) is 0. The Hall–Kier alpha value is -1.87. The molecule has 1 saturated heterocycles. The second-order valence-corrected chi connectivity index (χ2v) is 6.18. The topological polar surface area (TPSA) is 23.6 Å². The zero-order valence-corrected chi connectivity index (χ0v) is 14.4. The van der Waals surface area contributed by atoms with Gasteiger partial charge in [-0.25, -0.2) is 0 Å². The molecule has 1 atom stereocenters. The van der Waals surface area contributed by atoms with Crippen molar-refractivity contribution in [2.24, 2.45) is 0 Å². The first-order valence-electron chi connectivity index (χ1n) is 8.46. The number of carbonyl (C=O) groups is 1. The predicted molar refractivity (Wildman–Crippen MR) is 96.2 cm³/mol. The summed E-state index contributed by atoms with van der Waals surface area (Å²) in [6, 6.07) is 10.5. The van der Waals surface area contributed by atoms with Gasteiger partial charge in [0.25, 0.3) is 0 Å². The third-order valence-electron chi connectivity index (χ3n) is 4.66. The SMILES string of the molecule is C=CC(=CC)CC(=O)N(C)C(CN1CCCC1)c1ccccc1. The molecular weight excluding hydrogens is 284 g/mol. The van der Waals surface area contributed by atoms with Crippen molar-refractivity contribution >= 4 is 5.91 Å². The van der Waals surface area contributed by atoms with Crippen LogP contribution < -0.4 is 0 Å². The van der Waals surface area contributed by atoms with E-state index >= 15 is 0 Å². The van der Waals surface area contributed by atoms with Crippen LogP contribution >= 0.6 is 0 Å². The van der Waals surface area contributed by atoms with Crippen LogP contribution in [0.2, 0.25) is 0 Å². The van der Waals surface area contributed by atoms with Crippen LogP contribution in [-0.2, 0) is 4.79 Å². The lowest BCUT2D eigenvalue weighted by molar-refractivity contribution is -0.131. The summed E-state index contributed by atoms with van der Waals surface area (Å²) in [4.78, 5) is 17.0. The lowest BCUT2D eigenvalue weighted by Crippen LogP contribution is -2.38. The molecule has 1 aliphatic rings. The lowest BCUT2D eigenvalue weighted by Gasteiger charge is -2.32. The number of hydrogen-bond acceptors (Lipinski definition) is 2. The van der Waals surface area contributed by atoms with Crippen LogP contribution in [0.15, 0.2) is 54.6 Å². The Bertz CT molecular complexity index is 544. The number of allylic oxidation sites excluding steroid dienone is 2. The van der Waals surface area contributed by atoms with E-state index in [1.165, 1.54) is 18.4 Å². The van der Waals surface area contributed by atoms with Gasteiger partial charge in [-0.2, -0.15) is 0 Å². The van der Waals surface area contributed by atoms with Gasteiger partial charge in [-0.05, 0) is 44.0 Å². The van der Waals surface area contributed by atoms with Crippen molar-refractivity contribution in [3.8, 4) is 0 Å². The number of amides is 1. The van der Waals surface area contributed by atoms with E-state index in [-0.39, 0.29) is 11.9 Å². The van der Waals surface area contributed by atoms with Crippen LogP contribution in [0.4, 0.5) is 0 Å². The van der Waals surface area contributed by atoms with Gasteiger partial charge in [-0.15, -0.1) is 0 Å². The molecule has 0 spiro atoms. The molecule has 1 unspecified atom stereocenters. The van der Waals surface area contributed by atoms with Gasteiger partial charge < -0.3 is 9.80 Å². The largest absolute Gasteiger partial charge is 0.337 e. The molecule has 2 rings (SSSR count). The van der Waals surface area contributed by atoms with E-state index in [1.54, 1.807) is 6.08 Å². The first kappa shape index (κ1) is 17.5. The minimum Gasteiger partial charge on any atom is -0.337 e. The number of likely N-dealkylation sites (N-methyl/N-ethyl adjacent to an activating group) is 1. The summed E-state index contributed by atoms with van der Waals surface area (Å²) >= 11 is 0. The number of rotatable bonds is 7. The molecule has 1 aromatic carbocycles. The highest BCUT2D eigenvalue weighted by Gasteiger charge is 2.25. The molecule has 124 valence electrons. The molecule has 1 aromatic rings. The fourth-order valence-corrected chi connectivity index (χ4v) is 3.10. The first-order valence-corrected chi connectivity index (χ1v) is 8.46. The normalized spacial score (nSPS) is 17.0. The Labute approximate surface area is 140 Å². The van der Waals surface area contributed by atoms with Gasteiger partial charge in [0.15, 0.2) is 0 Å². The highest BCUT2D eigenvalue weighted by atomic mass is 16.2. The molecule has 0 radical (unpaired) electrons. The summed E-state index contributed by atoms with van der Waals surface area (Å²) in [7, 11) is 1.92. The van der Waals surface area contributed by atoms with Crippen molar-refractivity contribution in [3.05, 3.63) is 60.2 Å². The Morgan fingerprint density at radius 1 is 1.30 bits per heavy atom. The highest BCUT2D eigenvalue weighted by Crippen LogP contribution is 2.24. The molecule has 0 aromatic heterocycles. The average molecular weight is 312 g/mol. The molecular formula is C20H28N2O. The van der Waals surface area contributed by atoms with Gasteiger partial charge in [0, 0.05) is 13.6 Å². The van der Waals surface area contributed by atoms with E-state index in [0.29, 0.717) is 6.42 Å². The summed E-state index contributed by atoms with van der Waals surface area (Å²) in [6.45, 7) is 8.91. The summed E-state index contributed by atoms with van der Waals surface area (Å²) in [6.07, 6.45) is 6.66. The average Bonchev–Trinajstić information content (AvgIpc) is 3.10. The molecule has 0 saturated carbocycles. The van der Waals surface area contributed by atoms with E-state index in [9.17, 15) is 4.79 Å². The van der Waals surface area contributed by atoms with Crippen LogP contribution in [0.1, 0.15) is 37.8 Å². The van der Waals surface area contributed by atoms with E-state index in [1.807, 2.05) is 43.1 Å². The Balaban J connectivity index is 2.14. The van der Waals surface area contributed by atoms with Crippen LogP contribution in [-0.4, -0.2) is 42.4 Å². The number of nitrogens with zero attached hydrogens (tertiary/aromatic N) is 2. The Kier molecular flexibility index (Phi) is 6.60. The maximum Gasteiger partial charge on any atom is 0.227 e. The molecule has 1 heterocycles. The smallest absolute Gasteiger partial charge is 0.227 e. The molecule has 3 nitrogen and oxygen atoms in total. The zero-order chi connectivity index (χ0) is 16.7. The summed E-state index contributed by atoms with van der Waals surface area (Å²) < 4.78 is 0. The minimum atomic E-state index is 0.102. The van der Waals surface area contributed by atoms with E-state index in [2.05, 4.69) is 23.6 Å². The first-order chi connectivity index (χ1) is 11.2. The summed E-state index contributed by atoms with van der Waals surface area (Å²) in [5.74, 6) is 0.144. The summed E-state index contributed by atoms with van der Waals surface area (Å²) in [5, 5.41) is 0. The second kappa shape index (κ2) is 8.68. The molecule has 0 bridgehead atoms. The highest BCUT2D eigenvalue weighted by molar-refractivity contribution is 5.79. The van der Waals surface area contributed by atoms with Crippen molar-refractivity contribution in [1.29, 1.82) is 0 Å². The Morgan fingerprint density at radius 2 is 1.96 bits per heavy atom. The van der Waals surface area contributed by atoms with Crippen LogP contribution in [0.25, 0.3) is 0 Å². The quantitative estimate of drug-likeness (QED) is 0.715. The van der Waals surface area contributed by atoms with E-state index < -0.39 is 0 Å². The molecule has 0 N–H and O–H groups in total. The van der Waals surface area contributed by atoms with Crippen molar-refractivity contribution in [1.82, 2.24) is 9.80 Å². The minimum absolute atomic E-state index is 0.102. The standard InChI is InChI=1S/C20H28N2O/c1-4-17(5-2)15-20(23)21(3)19(16-22-13-9-10-14-22)18-11-7-6-8-12-18/h4-8,11-12,19H,1,9-10,13-16H2,2-3H3. The molecule has 0 aliphatic carbocycles. The number of carbonyl (C=O) groups excluding carboxylic acids is 1. The third-order valence-corrected chi connectivity index (χ3v) is 4.66. The molecule has 1 aliphatic heterocycles. The van der Waals surface area contributed by atoms with Gasteiger partial charge in [0.1, 0.15) is 0 Å². The molecule has 3 heteroatoms. The fraction of sp³-hybridized carbons (Fsp3) is 0.450. The van der Waals surface area contributed by atoms with Gasteiger partial charge in [0.2, 0.25) is 5.91 Å². The zero-order valence-electron chi connectivity index (χ0n) is 14.4. The maximum absolute atomic E-state index is 12.7. The summed E-state index contributed by atoms with van der Waals surface area (Å²) in [5.41, 5.74) is 2.19. The second-order valence-electron chi connectivity index (χ2n) is 6.18. The van der Waals surface area contributed by atoms with Crippen molar-refractivity contribution < 1.29 is 4.79 Å². The van der Waals surface area contributed by atoms with Gasteiger partial charge in [-0.3, -0.25) is 4.79 Å². The number of benzene rings is 1. The molecule has 1 amide bonds. The van der Waals surface area contributed by atoms with E-state index in [0.717, 1.165) is 25.2 Å². The molecule has 23 heavy (non-hydrogen) atoms. The monoisotopic (exact) mass is 312 g/mol. The van der Waals surface area contributed by atoms with Gasteiger partial charge >= 0.3 is 0 Å². The van der Waals surface area contributed by atoms with Crippen LogP contribution in [0, 0.1) is 0 Å². The fourth-order valence-electron chi connectivity index (χ4n) is 3.10. The molecule has 1 fully saturated rings. The predicted octanol–water partition coefficient (Wildman–Crippen LogP) is 3.80. The van der Waals surface area contributed by atoms with Crippen LogP contribution in [0.5, 0.6) is 0 Å². The number of likely N-dealkylation sites (tertiary alicyclic amines) is 1. The van der Waals surface area contributed by atoms with Gasteiger partial charge in [-0.1, -0.05) is 49.1 Å². The third kappa shape index (κ3) is 4.80. The van der Waals surface area contributed by atoms with Crippen LogP contribution in [0.3, 0.4) is 0 Å². The van der Waals surface area contributed by atoms with Crippen molar-refractivity contribution in [2.75, 3.05) is 26.7 Å². The lowest BCUT2D eigenvalue weighted by atomic mass is 10.0. The van der Waals surface area contributed by atoms with Crippen molar-refractivity contribution in [2.45, 2.75) is 32.2 Å². The van der Waals surface area contributed by atoms with E-state index in [4.69, 9.17) is 0 Å².